The zero-order valence-electron chi connectivity index (χ0n) is 11.1. The first-order chi connectivity index (χ1) is 8.09. The summed E-state index contributed by atoms with van der Waals surface area (Å²) in [6.07, 6.45) is 8.31. The molecule has 0 aromatic heterocycles. The van der Waals surface area contributed by atoms with Crippen LogP contribution in [-0.2, 0) is 9.53 Å². The maximum atomic E-state index is 12.2. The van der Waals surface area contributed by atoms with E-state index in [1.165, 1.54) is 25.7 Å². The molecule has 96 valence electrons. The van der Waals surface area contributed by atoms with Crippen molar-refractivity contribution in [2.24, 2.45) is 23.7 Å². The molecule has 3 rings (SSSR count). The molecule has 0 heterocycles. The van der Waals surface area contributed by atoms with Gasteiger partial charge in [0.15, 0.2) is 0 Å². The fourth-order valence-corrected chi connectivity index (χ4v) is 4.30. The highest BCUT2D eigenvalue weighted by Crippen LogP contribution is 2.58. The first-order valence-electron chi connectivity index (χ1n) is 7.32. The van der Waals surface area contributed by atoms with Crippen LogP contribution in [-0.4, -0.2) is 11.6 Å². The van der Waals surface area contributed by atoms with E-state index in [4.69, 9.17) is 4.74 Å². The summed E-state index contributed by atoms with van der Waals surface area (Å²) in [6, 6.07) is 0. The van der Waals surface area contributed by atoms with Crippen LogP contribution in [0, 0.1) is 23.7 Å². The number of carbonyl (C=O) groups is 1. The normalized spacial score (nSPS) is 42.9. The number of hydrogen-bond acceptors (Lipinski definition) is 2. The second-order valence-corrected chi connectivity index (χ2v) is 6.82. The Balaban J connectivity index is 1.56. The average Bonchev–Trinajstić information content (AvgIpc) is 2.24. The number of esters is 1. The molecule has 2 nitrogen and oxygen atoms in total. The molecule has 0 radical (unpaired) electrons. The molecular weight excluding hydrogens is 212 g/mol. The molecule has 0 bridgehead atoms. The van der Waals surface area contributed by atoms with Crippen molar-refractivity contribution in [2.75, 3.05) is 0 Å². The van der Waals surface area contributed by atoms with Crippen molar-refractivity contribution in [1.82, 2.24) is 0 Å². The van der Waals surface area contributed by atoms with Gasteiger partial charge in [0.25, 0.3) is 0 Å². The van der Waals surface area contributed by atoms with Gasteiger partial charge in [-0.2, -0.15) is 0 Å². The summed E-state index contributed by atoms with van der Waals surface area (Å²) in [5.74, 6) is 2.62. The highest BCUT2D eigenvalue weighted by Gasteiger charge is 2.55. The SMILES string of the molecule is CC1CC2CC(C(=O)OC3(C)CCCCC3)C12. The fourth-order valence-electron chi connectivity index (χ4n) is 4.30. The lowest BCUT2D eigenvalue weighted by atomic mass is 9.48. The van der Waals surface area contributed by atoms with E-state index >= 15 is 0 Å². The Morgan fingerprint density at radius 3 is 2.47 bits per heavy atom. The van der Waals surface area contributed by atoms with Gasteiger partial charge in [0.2, 0.25) is 0 Å². The molecule has 4 unspecified atom stereocenters. The molecule has 3 fully saturated rings. The first kappa shape index (κ1) is 11.6. The molecule has 0 aromatic carbocycles. The molecular formula is C15H24O2. The van der Waals surface area contributed by atoms with Gasteiger partial charge in [0, 0.05) is 0 Å². The third-order valence-corrected chi connectivity index (χ3v) is 5.46. The lowest BCUT2D eigenvalue weighted by Crippen LogP contribution is -2.54. The van der Waals surface area contributed by atoms with Crippen LogP contribution in [0.5, 0.6) is 0 Å². The van der Waals surface area contributed by atoms with Crippen molar-refractivity contribution in [3.63, 3.8) is 0 Å². The van der Waals surface area contributed by atoms with Gasteiger partial charge in [-0.05, 0) is 63.2 Å². The topological polar surface area (TPSA) is 26.3 Å². The summed E-state index contributed by atoms with van der Waals surface area (Å²) in [4.78, 5) is 12.2. The molecule has 3 aliphatic rings. The third kappa shape index (κ3) is 1.90. The zero-order chi connectivity index (χ0) is 12.0. The number of carbonyl (C=O) groups excluding carboxylic acids is 1. The maximum absolute atomic E-state index is 12.2. The quantitative estimate of drug-likeness (QED) is 0.685. The zero-order valence-corrected chi connectivity index (χ0v) is 11.1. The molecule has 2 heteroatoms. The van der Waals surface area contributed by atoms with Crippen LogP contribution >= 0.6 is 0 Å². The van der Waals surface area contributed by atoms with Crippen molar-refractivity contribution in [1.29, 1.82) is 0 Å². The van der Waals surface area contributed by atoms with Crippen LogP contribution in [0.1, 0.15) is 58.8 Å². The molecule has 0 aliphatic heterocycles. The minimum Gasteiger partial charge on any atom is -0.459 e. The number of hydrogen-bond donors (Lipinski definition) is 0. The van der Waals surface area contributed by atoms with Gasteiger partial charge >= 0.3 is 5.97 Å². The minimum absolute atomic E-state index is 0.113. The van der Waals surface area contributed by atoms with E-state index in [2.05, 4.69) is 13.8 Å². The molecule has 0 saturated heterocycles. The predicted molar refractivity (Wildman–Crippen MR) is 66.5 cm³/mol. The van der Waals surface area contributed by atoms with Gasteiger partial charge in [0.05, 0.1) is 5.92 Å². The Morgan fingerprint density at radius 2 is 1.88 bits per heavy atom. The van der Waals surface area contributed by atoms with Gasteiger partial charge < -0.3 is 4.74 Å². The monoisotopic (exact) mass is 236 g/mol. The summed E-state index contributed by atoms with van der Waals surface area (Å²) in [5, 5.41) is 0. The molecule has 3 saturated carbocycles. The average molecular weight is 236 g/mol. The largest absolute Gasteiger partial charge is 0.459 e. The molecule has 17 heavy (non-hydrogen) atoms. The lowest BCUT2D eigenvalue weighted by Gasteiger charge is -2.56. The number of fused-ring (bicyclic) bond motifs is 1. The Morgan fingerprint density at radius 1 is 1.18 bits per heavy atom. The van der Waals surface area contributed by atoms with Gasteiger partial charge in [0.1, 0.15) is 5.60 Å². The van der Waals surface area contributed by atoms with Crippen LogP contribution in [0.15, 0.2) is 0 Å². The smallest absolute Gasteiger partial charge is 0.309 e. The Kier molecular flexibility index (Phi) is 2.72. The van der Waals surface area contributed by atoms with Crippen LogP contribution in [0.2, 0.25) is 0 Å². The molecule has 0 spiro atoms. The number of ether oxygens (including phenoxy) is 1. The molecule has 4 atom stereocenters. The Labute approximate surface area is 104 Å². The third-order valence-electron chi connectivity index (χ3n) is 5.46. The van der Waals surface area contributed by atoms with Crippen molar-refractivity contribution in [2.45, 2.75) is 64.4 Å². The first-order valence-corrected chi connectivity index (χ1v) is 7.32. The Hall–Kier alpha value is -0.530. The molecule has 0 amide bonds. The summed E-state index contributed by atoms with van der Waals surface area (Å²) in [7, 11) is 0. The second kappa shape index (κ2) is 4.00. The maximum Gasteiger partial charge on any atom is 0.309 e. The van der Waals surface area contributed by atoms with Gasteiger partial charge in [-0.15, -0.1) is 0 Å². The fraction of sp³-hybridized carbons (Fsp3) is 0.933. The highest BCUT2D eigenvalue weighted by atomic mass is 16.6. The summed E-state index contributed by atoms with van der Waals surface area (Å²) < 4.78 is 5.84. The van der Waals surface area contributed by atoms with E-state index in [0.717, 1.165) is 31.1 Å². The predicted octanol–water partition coefficient (Wildman–Crippen LogP) is 3.54. The molecule has 3 aliphatic carbocycles. The van der Waals surface area contributed by atoms with E-state index < -0.39 is 0 Å². The summed E-state index contributed by atoms with van der Waals surface area (Å²) in [6.45, 7) is 4.41. The van der Waals surface area contributed by atoms with E-state index in [1.54, 1.807) is 0 Å². The van der Waals surface area contributed by atoms with Crippen LogP contribution in [0.3, 0.4) is 0 Å². The van der Waals surface area contributed by atoms with Gasteiger partial charge in [-0.3, -0.25) is 4.79 Å². The van der Waals surface area contributed by atoms with Crippen molar-refractivity contribution in [3.05, 3.63) is 0 Å². The van der Waals surface area contributed by atoms with Crippen LogP contribution < -0.4 is 0 Å². The van der Waals surface area contributed by atoms with Crippen molar-refractivity contribution < 1.29 is 9.53 Å². The minimum atomic E-state index is -0.145. The lowest BCUT2D eigenvalue weighted by molar-refractivity contribution is -0.187. The van der Waals surface area contributed by atoms with Crippen molar-refractivity contribution in [3.8, 4) is 0 Å². The van der Waals surface area contributed by atoms with Crippen LogP contribution in [0.4, 0.5) is 0 Å². The highest BCUT2D eigenvalue weighted by molar-refractivity contribution is 5.75. The van der Waals surface area contributed by atoms with E-state index in [0.29, 0.717) is 5.92 Å². The summed E-state index contributed by atoms with van der Waals surface area (Å²) in [5.41, 5.74) is -0.145. The van der Waals surface area contributed by atoms with Crippen LogP contribution in [0.25, 0.3) is 0 Å². The molecule has 0 aromatic rings. The van der Waals surface area contributed by atoms with E-state index in [1.807, 2.05) is 0 Å². The molecule has 0 N–H and O–H groups in total. The number of rotatable bonds is 2. The Bertz CT molecular complexity index is 313. The van der Waals surface area contributed by atoms with Gasteiger partial charge in [-0.1, -0.05) is 13.3 Å². The van der Waals surface area contributed by atoms with Crippen molar-refractivity contribution >= 4 is 5.97 Å². The summed E-state index contributed by atoms with van der Waals surface area (Å²) >= 11 is 0. The standard InChI is InChI=1S/C15H24O2/c1-10-8-11-9-12(13(10)11)14(16)17-15(2)6-4-3-5-7-15/h10-13H,3-9H2,1-2H3. The van der Waals surface area contributed by atoms with E-state index in [9.17, 15) is 4.79 Å². The van der Waals surface area contributed by atoms with Gasteiger partial charge in [-0.25, -0.2) is 0 Å². The van der Waals surface area contributed by atoms with E-state index in [-0.39, 0.29) is 17.5 Å². The second-order valence-electron chi connectivity index (χ2n) is 6.82.